The van der Waals surface area contributed by atoms with Crippen LogP contribution < -0.4 is 5.43 Å². The van der Waals surface area contributed by atoms with Crippen LogP contribution in [-0.2, 0) is 6.18 Å². The van der Waals surface area contributed by atoms with Crippen molar-refractivity contribution >= 4 is 40.0 Å². The molecule has 0 unspecified atom stereocenters. The number of alkyl halides is 3. The standard InChI is InChI=1S/C18H9ClF3N5O2S/c19-13-5-4-11(18(20,21)22)7-14(13)25-26-15(8-23)17-24-16(9-30-17)10-2-1-3-12(6-10)27(28)29/h1-7,9,25H/b26-15-. The zero-order chi connectivity index (χ0) is 21.9. The fraction of sp³-hybridized carbons (Fsp3) is 0.0556. The fourth-order valence-corrected chi connectivity index (χ4v) is 3.24. The molecule has 0 aliphatic rings. The minimum absolute atomic E-state index is 0.0135. The van der Waals surface area contributed by atoms with Gasteiger partial charge >= 0.3 is 6.18 Å². The number of nitro benzene ring substituents is 1. The Morgan fingerprint density at radius 2 is 2.07 bits per heavy atom. The summed E-state index contributed by atoms with van der Waals surface area (Å²) in [6.45, 7) is 0. The lowest BCUT2D eigenvalue weighted by Crippen LogP contribution is -2.06. The molecule has 1 heterocycles. The summed E-state index contributed by atoms with van der Waals surface area (Å²) in [7, 11) is 0. The number of nitriles is 1. The van der Waals surface area contributed by atoms with Gasteiger partial charge in [-0.2, -0.15) is 23.5 Å². The number of benzene rings is 2. The number of halogens is 4. The van der Waals surface area contributed by atoms with Crippen LogP contribution in [0.15, 0.2) is 52.9 Å². The summed E-state index contributed by atoms with van der Waals surface area (Å²) in [4.78, 5) is 14.6. The third-order valence-electron chi connectivity index (χ3n) is 3.75. The van der Waals surface area contributed by atoms with Gasteiger partial charge in [0.1, 0.15) is 6.07 Å². The van der Waals surface area contributed by atoms with E-state index in [1.165, 1.54) is 18.2 Å². The van der Waals surface area contributed by atoms with Crippen molar-refractivity contribution < 1.29 is 18.1 Å². The lowest BCUT2D eigenvalue weighted by molar-refractivity contribution is -0.384. The van der Waals surface area contributed by atoms with Crippen molar-refractivity contribution in [1.29, 1.82) is 5.26 Å². The third kappa shape index (κ3) is 4.73. The summed E-state index contributed by atoms with van der Waals surface area (Å²) >= 11 is 6.94. The minimum Gasteiger partial charge on any atom is -0.276 e. The highest BCUT2D eigenvalue weighted by Crippen LogP contribution is 2.34. The van der Waals surface area contributed by atoms with Crippen LogP contribution >= 0.6 is 22.9 Å². The highest BCUT2D eigenvalue weighted by atomic mass is 35.5. The minimum atomic E-state index is -4.56. The topological polar surface area (TPSA) is 104 Å². The molecule has 30 heavy (non-hydrogen) atoms. The van der Waals surface area contributed by atoms with Crippen LogP contribution in [0.4, 0.5) is 24.5 Å². The maximum Gasteiger partial charge on any atom is 0.416 e. The Labute approximate surface area is 176 Å². The van der Waals surface area contributed by atoms with Crippen LogP contribution in [0, 0.1) is 21.4 Å². The van der Waals surface area contributed by atoms with Crippen LogP contribution in [0.25, 0.3) is 11.3 Å². The van der Waals surface area contributed by atoms with E-state index in [1.807, 2.05) is 6.07 Å². The van der Waals surface area contributed by atoms with Gasteiger partial charge in [0.15, 0.2) is 10.7 Å². The van der Waals surface area contributed by atoms with Crippen LogP contribution in [0.5, 0.6) is 0 Å². The van der Waals surface area contributed by atoms with Crippen molar-refractivity contribution in [3.05, 3.63) is 73.6 Å². The highest BCUT2D eigenvalue weighted by molar-refractivity contribution is 7.12. The lowest BCUT2D eigenvalue weighted by Gasteiger charge is -2.10. The van der Waals surface area contributed by atoms with Gasteiger partial charge in [0.2, 0.25) is 0 Å². The van der Waals surface area contributed by atoms with Crippen molar-refractivity contribution in [1.82, 2.24) is 4.98 Å². The van der Waals surface area contributed by atoms with Crippen LogP contribution in [0.2, 0.25) is 5.02 Å². The number of rotatable bonds is 5. The van der Waals surface area contributed by atoms with E-state index >= 15 is 0 Å². The molecular formula is C18H9ClF3N5O2S. The summed E-state index contributed by atoms with van der Waals surface area (Å²) in [6.07, 6.45) is -4.56. The number of hydrazone groups is 1. The molecule has 0 fully saturated rings. The van der Waals surface area contributed by atoms with Crippen molar-refractivity contribution in [3.63, 3.8) is 0 Å². The Kier molecular flexibility index (Phi) is 6.00. The summed E-state index contributed by atoms with van der Waals surface area (Å²) in [5.74, 6) is 0. The molecule has 0 spiro atoms. The van der Waals surface area contributed by atoms with E-state index < -0.39 is 16.7 Å². The quantitative estimate of drug-likeness (QED) is 0.303. The number of hydrogen-bond donors (Lipinski definition) is 1. The molecule has 12 heteroatoms. The molecule has 1 N–H and O–H groups in total. The first-order valence-corrected chi connectivity index (χ1v) is 9.26. The van der Waals surface area contributed by atoms with Gasteiger partial charge in [-0.15, -0.1) is 11.3 Å². The summed E-state index contributed by atoms with van der Waals surface area (Å²) in [5.41, 5.74) is 1.86. The molecule has 3 rings (SSSR count). The van der Waals surface area contributed by atoms with E-state index in [0.717, 1.165) is 29.5 Å². The van der Waals surface area contributed by atoms with Crippen molar-refractivity contribution in [2.45, 2.75) is 6.18 Å². The van der Waals surface area contributed by atoms with Gasteiger partial charge < -0.3 is 0 Å². The molecule has 0 bridgehead atoms. The second kappa shape index (κ2) is 8.48. The smallest absolute Gasteiger partial charge is 0.276 e. The Bertz CT molecular complexity index is 1190. The second-order valence-electron chi connectivity index (χ2n) is 5.72. The van der Waals surface area contributed by atoms with Crippen molar-refractivity contribution in [3.8, 4) is 17.3 Å². The molecule has 0 atom stereocenters. The molecule has 7 nitrogen and oxygen atoms in total. The number of hydrogen-bond acceptors (Lipinski definition) is 7. The molecule has 3 aromatic rings. The Morgan fingerprint density at radius 3 is 2.73 bits per heavy atom. The number of aromatic nitrogens is 1. The van der Waals surface area contributed by atoms with Crippen LogP contribution in [-0.4, -0.2) is 15.6 Å². The summed E-state index contributed by atoms with van der Waals surface area (Å²) in [5, 5.41) is 25.8. The first-order valence-electron chi connectivity index (χ1n) is 8.00. The van der Waals surface area contributed by atoms with Gasteiger partial charge in [-0.3, -0.25) is 15.5 Å². The normalized spacial score (nSPS) is 11.8. The number of nitrogens with zero attached hydrogens (tertiary/aromatic N) is 4. The Hall–Kier alpha value is -3.49. The van der Waals surface area contributed by atoms with Gasteiger partial charge in [-0.05, 0) is 18.2 Å². The Morgan fingerprint density at radius 1 is 1.30 bits per heavy atom. The maximum absolute atomic E-state index is 12.9. The molecular weight excluding hydrogens is 443 g/mol. The predicted molar refractivity (Wildman–Crippen MR) is 106 cm³/mol. The van der Waals surface area contributed by atoms with Crippen LogP contribution in [0.1, 0.15) is 10.6 Å². The number of nitrogens with one attached hydrogen (secondary N) is 1. The Balaban J connectivity index is 1.88. The number of non-ortho nitro benzene ring substituents is 1. The van der Waals surface area contributed by atoms with Gasteiger partial charge in [0.05, 0.1) is 26.9 Å². The number of nitro groups is 1. The molecule has 0 amide bonds. The SMILES string of the molecule is N#C/C(=N/Nc1cc(C(F)(F)F)ccc1Cl)c1nc(-c2cccc([N+](=O)[O-])c2)cs1. The van der Waals surface area contributed by atoms with Gasteiger partial charge in [-0.25, -0.2) is 4.98 Å². The number of anilines is 1. The van der Waals surface area contributed by atoms with Crippen molar-refractivity contribution in [2.24, 2.45) is 5.10 Å². The van der Waals surface area contributed by atoms with Crippen molar-refractivity contribution in [2.75, 3.05) is 5.43 Å². The summed E-state index contributed by atoms with van der Waals surface area (Å²) in [6, 6.07) is 10.3. The molecule has 0 radical (unpaired) electrons. The van der Waals surface area contributed by atoms with E-state index in [2.05, 4.69) is 15.5 Å². The van der Waals surface area contributed by atoms with E-state index in [-0.39, 0.29) is 27.1 Å². The molecule has 0 aliphatic heterocycles. The largest absolute Gasteiger partial charge is 0.416 e. The van der Waals surface area contributed by atoms with E-state index in [4.69, 9.17) is 11.6 Å². The monoisotopic (exact) mass is 451 g/mol. The molecule has 0 aliphatic carbocycles. The van der Waals surface area contributed by atoms with Gasteiger partial charge in [0, 0.05) is 23.1 Å². The fourth-order valence-electron chi connectivity index (χ4n) is 2.32. The van der Waals surface area contributed by atoms with E-state index in [0.29, 0.717) is 11.3 Å². The third-order valence-corrected chi connectivity index (χ3v) is 4.93. The maximum atomic E-state index is 12.9. The zero-order valence-electron chi connectivity index (χ0n) is 14.6. The second-order valence-corrected chi connectivity index (χ2v) is 6.99. The van der Waals surface area contributed by atoms with Gasteiger partial charge in [0.25, 0.3) is 5.69 Å². The average molecular weight is 452 g/mol. The summed E-state index contributed by atoms with van der Waals surface area (Å²) < 4.78 is 38.6. The molecule has 152 valence electrons. The van der Waals surface area contributed by atoms with E-state index in [9.17, 15) is 28.5 Å². The molecule has 0 saturated carbocycles. The zero-order valence-corrected chi connectivity index (χ0v) is 16.2. The van der Waals surface area contributed by atoms with E-state index in [1.54, 1.807) is 11.4 Å². The average Bonchev–Trinajstić information content (AvgIpc) is 3.19. The molecule has 0 saturated heterocycles. The molecule has 2 aromatic carbocycles. The lowest BCUT2D eigenvalue weighted by atomic mass is 10.1. The first-order chi connectivity index (χ1) is 14.2. The number of thiazole rings is 1. The highest BCUT2D eigenvalue weighted by Gasteiger charge is 2.31. The molecule has 1 aromatic heterocycles. The predicted octanol–water partition coefficient (Wildman–Crippen LogP) is 5.73. The van der Waals surface area contributed by atoms with Gasteiger partial charge in [-0.1, -0.05) is 23.7 Å². The first kappa shape index (κ1) is 21.2. The van der Waals surface area contributed by atoms with Crippen LogP contribution in [0.3, 0.4) is 0 Å².